The molecule has 3 rings (SSSR count). The Morgan fingerprint density at radius 1 is 1.12 bits per heavy atom. The van der Waals surface area contributed by atoms with Gasteiger partial charge in [0.15, 0.2) is 16.6 Å². The molecule has 5 nitrogen and oxygen atoms in total. The van der Waals surface area contributed by atoms with E-state index < -0.39 is 17.6 Å². The maximum Gasteiger partial charge on any atom is 0.416 e. The molecule has 2 aromatic rings. The fourth-order valence-corrected chi connectivity index (χ4v) is 2.90. The Labute approximate surface area is 159 Å². The van der Waals surface area contributed by atoms with Crippen molar-refractivity contribution in [3.63, 3.8) is 0 Å². The SMILES string of the molecule is O=C(NC(=S)Nc1cc(Br)cc(C(F)(F)F)c1)c1ccc2c(c1)OCO2. The molecule has 0 radical (unpaired) electrons. The summed E-state index contributed by atoms with van der Waals surface area (Å²) in [5.74, 6) is 0.418. The molecule has 1 heterocycles. The Kier molecular flexibility index (Phi) is 5.05. The van der Waals surface area contributed by atoms with Crippen LogP contribution in [0.5, 0.6) is 11.5 Å². The minimum atomic E-state index is -4.50. The number of ether oxygens (including phenoxy) is 2. The van der Waals surface area contributed by atoms with Gasteiger partial charge in [-0.2, -0.15) is 13.2 Å². The van der Waals surface area contributed by atoms with Crippen LogP contribution in [-0.2, 0) is 6.18 Å². The normalized spacial score (nSPS) is 12.6. The van der Waals surface area contributed by atoms with Crippen LogP contribution in [0.3, 0.4) is 0 Å². The first-order valence-electron chi connectivity index (χ1n) is 7.12. The minimum Gasteiger partial charge on any atom is -0.454 e. The van der Waals surface area contributed by atoms with Gasteiger partial charge in [0, 0.05) is 15.7 Å². The number of halogens is 4. The first kappa shape index (κ1) is 18.5. The second-order valence-corrected chi connectivity index (χ2v) is 6.53. The summed E-state index contributed by atoms with van der Waals surface area (Å²) in [5, 5.41) is 4.82. The predicted molar refractivity (Wildman–Crippen MR) is 95.4 cm³/mol. The van der Waals surface area contributed by atoms with Crippen molar-refractivity contribution in [2.45, 2.75) is 6.18 Å². The van der Waals surface area contributed by atoms with Crippen LogP contribution in [0.15, 0.2) is 40.9 Å². The minimum absolute atomic E-state index is 0.0742. The molecule has 0 saturated heterocycles. The molecule has 0 bridgehead atoms. The number of fused-ring (bicyclic) bond motifs is 1. The Morgan fingerprint density at radius 3 is 2.58 bits per heavy atom. The quantitative estimate of drug-likeness (QED) is 0.672. The number of anilines is 1. The molecule has 2 aromatic carbocycles. The Hall–Kier alpha value is -2.33. The van der Waals surface area contributed by atoms with Crippen LogP contribution in [0.1, 0.15) is 15.9 Å². The van der Waals surface area contributed by atoms with Crippen molar-refractivity contribution in [3.8, 4) is 11.5 Å². The van der Waals surface area contributed by atoms with Gasteiger partial charge in [-0.3, -0.25) is 10.1 Å². The lowest BCUT2D eigenvalue weighted by Gasteiger charge is -2.13. The van der Waals surface area contributed by atoms with E-state index in [0.29, 0.717) is 11.5 Å². The Bertz CT molecular complexity index is 890. The highest BCUT2D eigenvalue weighted by Crippen LogP contribution is 2.34. The molecule has 136 valence electrons. The van der Waals surface area contributed by atoms with Gasteiger partial charge in [-0.05, 0) is 48.6 Å². The van der Waals surface area contributed by atoms with Crippen molar-refractivity contribution >= 4 is 44.9 Å². The summed E-state index contributed by atoms with van der Waals surface area (Å²) < 4.78 is 49.1. The van der Waals surface area contributed by atoms with Gasteiger partial charge in [-0.15, -0.1) is 0 Å². The molecular formula is C16H10BrF3N2O3S. The number of nitrogens with one attached hydrogen (secondary N) is 2. The standard InChI is InChI=1S/C16H10BrF3N2O3S/c17-10-4-9(16(18,19)20)5-11(6-10)21-15(26)22-14(23)8-1-2-12-13(3-8)25-7-24-12/h1-6H,7H2,(H2,21,22,23,26). The summed E-state index contributed by atoms with van der Waals surface area (Å²) in [5.41, 5.74) is -0.495. The third kappa shape index (κ3) is 4.25. The number of carbonyl (C=O) groups is 1. The summed E-state index contributed by atoms with van der Waals surface area (Å²) in [6.07, 6.45) is -4.50. The van der Waals surface area contributed by atoms with Crippen molar-refractivity contribution in [1.82, 2.24) is 5.32 Å². The average molecular weight is 447 g/mol. The number of thiocarbonyl (C=S) groups is 1. The van der Waals surface area contributed by atoms with Gasteiger partial charge < -0.3 is 14.8 Å². The maximum atomic E-state index is 12.9. The van der Waals surface area contributed by atoms with Gasteiger partial charge in [0.1, 0.15) is 0 Å². The molecule has 0 aliphatic carbocycles. The van der Waals surface area contributed by atoms with Crippen molar-refractivity contribution in [1.29, 1.82) is 0 Å². The van der Waals surface area contributed by atoms with E-state index in [1.54, 1.807) is 6.07 Å². The van der Waals surface area contributed by atoms with Crippen molar-refractivity contribution < 1.29 is 27.4 Å². The van der Waals surface area contributed by atoms with E-state index in [2.05, 4.69) is 26.6 Å². The molecule has 2 N–H and O–H groups in total. The summed E-state index contributed by atoms with van der Waals surface area (Å²) in [6.45, 7) is 0.0742. The number of hydrogen-bond acceptors (Lipinski definition) is 4. The lowest BCUT2D eigenvalue weighted by atomic mass is 10.2. The van der Waals surface area contributed by atoms with Crippen LogP contribution in [0.2, 0.25) is 0 Å². The van der Waals surface area contributed by atoms with Gasteiger partial charge >= 0.3 is 6.18 Å². The van der Waals surface area contributed by atoms with Gasteiger partial charge in [-0.1, -0.05) is 15.9 Å². The van der Waals surface area contributed by atoms with E-state index >= 15 is 0 Å². The highest BCUT2D eigenvalue weighted by molar-refractivity contribution is 9.10. The van der Waals surface area contributed by atoms with Gasteiger partial charge in [0.05, 0.1) is 5.56 Å². The number of alkyl halides is 3. The molecule has 26 heavy (non-hydrogen) atoms. The zero-order chi connectivity index (χ0) is 18.9. The molecule has 1 aliphatic heterocycles. The third-order valence-corrected chi connectivity index (χ3v) is 4.01. The van der Waals surface area contributed by atoms with E-state index in [0.717, 1.165) is 12.1 Å². The summed E-state index contributed by atoms with van der Waals surface area (Å²) >= 11 is 8.01. The summed E-state index contributed by atoms with van der Waals surface area (Å²) in [4.78, 5) is 12.2. The first-order valence-corrected chi connectivity index (χ1v) is 8.32. The molecule has 1 amide bonds. The average Bonchev–Trinajstić information content (AvgIpc) is 3.00. The van der Waals surface area contributed by atoms with Gasteiger partial charge in [0.2, 0.25) is 6.79 Å². The Balaban J connectivity index is 1.69. The summed E-state index contributed by atoms with van der Waals surface area (Å²) in [6, 6.07) is 7.84. The van der Waals surface area contributed by atoms with Crippen molar-refractivity contribution in [2.24, 2.45) is 0 Å². The van der Waals surface area contributed by atoms with E-state index in [1.165, 1.54) is 18.2 Å². The van der Waals surface area contributed by atoms with E-state index in [1.807, 2.05) is 0 Å². The smallest absolute Gasteiger partial charge is 0.416 e. The second kappa shape index (κ2) is 7.12. The molecule has 0 unspecified atom stereocenters. The fraction of sp³-hybridized carbons (Fsp3) is 0.125. The van der Waals surface area contributed by atoms with Gasteiger partial charge in [0.25, 0.3) is 5.91 Å². The fourth-order valence-electron chi connectivity index (χ4n) is 2.20. The van der Waals surface area contributed by atoms with E-state index in [-0.39, 0.29) is 27.6 Å². The number of rotatable bonds is 2. The van der Waals surface area contributed by atoms with Crippen LogP contribution in [0.4, 0.5) is 18.9 Å². The highest BCUT2D eigenvalue weighted by Gasteiger charge is 2.31. The Morgan fingerprint density at radius 2 is 1.85 bits per heavy atom. The monoisotopic (exact) mass is 446 g/mol. The van der Waals surface area contributed by atoms with Crippen LogP contribution >= 0.6 is 28.1 Å². The number of hydrogen-bond donors (Lipinski definition) is 2. The number of benzene rings is 2. The molecule has 0 aromatic heterocycles. The van der Waals surface area contributed by atoms with Crippen LogP contribution in [-0.4, -0.2) is 17.8 Å². The van der Waals surface area contributed by atoms with Crippen molar-refractivity contribution in [3.05, 3.63) is 52.0 Å². The molecule has 0 fully saturated rings. The van der Waals surface area contributed by atoms with Gasteiger partial charge in [-0.25, -0.2) is 0 Å². The topological polar surface area (TPSA) is 59.6 Å². The van der Waals surface area contributed by atoms with E-state index in [4.69, 9.17) is 21.7 Å². The molecule has 10 heteroatoms. The van der Waals surface area contributed by atoms with Crippen LogP contribution < -0.4 is 20.1 Å². The first-order chi connectivity index (χ1) is 12.2. The molecule has 0 atom stereocenters. The number of amides is 1. The third-order valence-electron chi connectivity index (χ3n) is 3.34. The molecular weight excluding hydrogens is 437 g/mol. The second-order valence-electron chi connectivity index (χ2n) is 5.20. The van der Waals surface area contributed by atoms with E-state index in [9.17, 15) is 18.0 Å². The molecule has 0 spiro atoms. The largest absolute Gasteiger partial charge is 0.454 e. The van der Waals surface area contributed by atoms with Crippen LogP contribution in [0, 0.1) is 0 Å². The highest BCUT2D eigenvalue weighted by atomic mass is 79.9. The maximum absolute atomic E-state index is 12.9. The van der Waals surface area contributed by atoms with Crippen LogP contribution in [0.25, 0.3) is 0 Å². The lowest BCUT2D eigenvalue weighted by Crippen LogP contribution is -2.34. The molecule has 1 aliphatic rings. The zero-order valence-corrected chi connectivity index (χ0v) is 15.2. The zero-order valence-electron chi connectivity index (χ0n) is 12.8. The lowest BCUT2D eigenvalue weighted by molar-refractivity contribution is -0.137. The predicted octanol–water partition coefficient (Wildman–Crippen LogP) is 4.32. The number of carbonyl (C=O) groups excluding carboxylic acids is 1. The summed E-state index contributed by atoms with van der Waals surface area (Å²) in [7, 11) is 0. The van der Waals surface area contributed by atoms with Crippen molar-refractivity contribution in [2.75, 3.05) is 12.1 Å². The molecule has 0 saturated carbocycles.